The van der Waals surface area contributed by atoms with Crippen LogP contribution in [0.1, 0.15) is 5.56 Å². The molecule has 0 radical (unpaired) electrons. The highest BCUT2D eigenvalue weighted by Gasteiger charge is 2.16. The fourth-order valence-corrected chi connectivity index (χ4v) is 1.59. The van der Waals surface area contributed by atoms with Crippen molar-refractivity contribution in [3.05, 3.63) is 53.3 Å². The highest BCUT2D eigenvalue weighted by Crippen LogP contribution is 2.19. The van der Waals surface area contributed by atoms with Crippen molar-refractivity contribution in [3.8, 4) is 0 Å². The Labute approximate surface area is 120 Å². The van der Waals surface area contributed by atoms with Gasteiger partial charge in [-0.3, -0.25) is 10.1 Å². The van der Waals surface area contributed by atoms with Gasteiger partial charge in [-0.15, -0.1) is 0 Å². The first kappa shape index (κ1) is 14.0. The van der Waals surface area contributed by atoms with Gasteiger partial charge in [0.2, 0.25) is 5.76 Å². The van der Waals surface area contributed by atoms with Gasteiger partial charge in [0.25, 0.3) is 5.91 Å². The van der Waals surface area contributed by atoms with E-state index in [-0.39, 0.29) is 5.76 Å². The fraction of sp³-hybridized carbons (Fsp3) is 0.0769. The van der Waals surface area contributed by atoms with Gasteiger partial charge < -0.3 is 14.8 Å². The molecule has 2 rings (SSSR count). The van der Waals surface area contributed by atoms with Gasteiger partial charge in [-0.1, -0.05) is 17.7 Å². The summed E-state index contributed by atoms with van der Waals surface area (Å²) in [6.45, 7) is 1.80. The monoisotopic (exact) mass is 294 g/mol. The largest absolute Gasteiger partial charge is 0.465 e. The average Bonchev–Trinajstić information content (AvgIpc) is 2.43. The number of imide groups is 1. The van der Waals surface area contributed by atoms with E-state index >= 15 is 0 Å². The summed E-state index contributed by atoms with van der Waals surface area (Å²) in [4.78, 5) is 23.3. The molecular formula is C13H11ClN2O4. The summed E-state index contributed by atoms with van der Waals surface area (Å²) < 4.78 is 9.64. The number of ether oxygens (including phenoxy) is 2. The van der Waals surface area contributed by atoms with Crippen LogP contribution in [-0.2, 0) is 14.3 Å². The van der Waals surface area contributed by atoms with Crippen molar-refractivity contribution >= 4 is 29.2 Å². The number of carbonyl (C=O) groups excluding carboxylic acids is 2. The van der Waals surface area contributed by atoms with Gasteiger partial charge in [-0.25, -0.2) is 4.79 Å². The Kier molecular flexibility index (Phi) is 4.27. The molecule has 20 heavy (non-hydrogen) atoms. The number of anilines is 1. The SMILES string of the molecule is Cc1ccc(Cl)cc1NC(=O)NC(=O)C1=COC=CO1. The third kappa shape index (κ3) is 3.52. The topological polar surface area (TPSA) is 76.7 Å². The van der Waals surface area contributed by atoms with E-state index in [1.54, 1.807) is 25.1 Å². The molecule has 0 unspecified atom stereocenters. The van der Waals surface area contributed by atoms with Crippen molar-refractivity contribution in [2.24, 2.45) is 0 Å². The van der Waals surface area contributed by atoms with Gasteiger partial charge in [-0.05, 0) is 24.6 Å². The normalized spacial score (nSPS) is 12.8. The number of nitrogens with one attached hydrogen (secondary N) is 2. The summed E-state index contributed by atoms with van der Waals surface area (Å²) in [5.74, 6) is -0.836. The fourth-order valence-electron chi connectivity index (χ4n) is 1.42. The van der Waals surface area contributed by atoms with E-state index in [4.69, 9.17) is 21.1 Å². The zero-order valence-corrected chi connectivity index (χ0v) is 11.2. The predicted octanol–water partition coefficient (Wildman–Crippen LogP) is 2.66. The van der Waals surface area contributed by atoms with Crippen molar-refractivity contribution < 1.29 is 19.1 Å². The van der Waals surface area contributed by atoms with Gasteiger partial charge in [0.1, 0.15) is 18.8 Å². The Balaban J connectivity index is 1.97. The molecule has 0 aromatic heterocycles. The lowest BCUT2D eigenvalue weighted by Crippen LogP contribution is -2.36. The number of halogens is 1. The number of aryl methyl sites for hydroxylation is 1. The molecule has 0 fully saturated rings. The van der Waals surface area contributed by atoms with E-state index in [0.29, 0.717) is 10.7 Å². The van der Waals surface area contributed by atoms with E-state index < -0.39 is 11.9 Å². The van der Waals surface area contributed by atoms with Crippen LogP contribution in [0.25, 0.3) is 0 Å². The maximum absolute atomic E-state index is 11.7. The molecule has 0 aliphatic carbocycles. The zero-order chi connectivity index (χ0) is 14.5. The molecule has 1 aromatic rings. The number of benzene rings is 1. The number of hydrogen-bond acceptors (Lipinski definition) is 4. The van der Waals surface area contributed by atoms with Crippen molar-refractivity contribution in [3.63, 3.8) is 0 Å². The molecule has 104 valence electrons. The molecule has 0 atom stereocenters. The molecule has 6 nitrogen and oxygen atoms in total. The van der Waals surface area contributed by atoms with Gasteiger partial charge >= 0.3 is 6.03 Å². The second-order valence-electron chi connectivity index (χ2n) is 3.88. The number of rotatable bonds is 2. The first-order valence-corrected chi connectivity index (χ1v) is 6.00. The highest BCUT2D eigenvalue weighted by atomic mass is 35.5. The molecule has 1 heterocycles. The second-order valence-corrected chi connectivity index (χ2v) is 4.31. The minimum Gasteiger partial charge on any atom is -0.465 e. The maximum atomic E-state index is 11.7. The van der Waals surface area contributed by atoms with E-state index in [1.165, 1.54) is 12.5 Å². The summed E-state index contributed by atoms with van der Waals surface area (Å²) in [5, 5.41) is 5.11. The number of hydrogen-bond donors (Lipinski definition) is 2. The van der Waals surface area contributed by atoms with E-state index in [1.807, 2.05) is 0 Å². The number of carbonyl (C=O) groups is 2. The summed E-state index contributed by atoms with van der Waals surface area (Å²) in [5.41, 5.74) is 1.33. The van der Waals surface area contributed by atoms with Gasteiger partial charge in [-0.2, -0.15) is 0 Å². The summed E-state index contributed by atoms with van der Waals surface area (Å²) in [6, 6.07) is 4.35. The van der Waals surface area contributed by atoms with E-state index in [0.717, 1.165) is 11.8 Å². The lowest BCUT2D eigenvalue weighted by Gasteiger charge is -2.11. The van der Waals surface area contributed by atoms with Crippen molar-refractivity contribution in [2.45, 2.75) is 6.92 Å². The minimum atomic E-state index is -0.716. The zero-order valence-electron chi connectivity index (χ0n) is 10.5. The second kappa shape index (κ2) is 6.12. The summed E-state index contributed by atoms with van der Waals surface area (Å²) in [7, 11) is 0. The van der Waals surface area contributed by atoms with Crippen LogP contribution in [0, 0.1) is 6.92 Å². The van der Waals surface area contributed by atoms with Crippen LogP contribution >= 0.6 is 11.6 Å². The quantitative estimate of drug-likeness (QED) is 0.879. The third-order valence-electron chi connectivity index (χ3n) is 2.40. The Morgan fingerprint density at radius 1 is 1.25 bits per heavy atom. The van der Waals surface area contributed by atoms with Crippen LogP contribution in [0.15, 0.2) is 42.7 Å². The van der Waals surface area contributed by atoms with Gasteiger partial charge in [0.05, 0.1) is 0 Å². The molecule has 1 aliphatic heterocycles. The first-order chi connectivity index (χ1) is 9.56. The molecule has 3 amide bonds. The van der Waals surface area contributed by atoms with Crippen LogP contribution in [0.3, 0.4) is 0 Å². The van der Waals surface area contributed by atoms with Gasteiger partial charge in [0.15, 0.2) is 0 Å². The minimum absolute atomic E-state index is 0.120. The van der Waals surface area contributed by atoms with Crippen LogP contribution in [0.2, 0.25) is 5.02 Å². The lowest BCUT2D eigenvalue weighted by molar-refractivity contribution is -0.119. The molecule has 1 aliphatic rings. The van der Waals surface area contributed by atoms with Crippen molar-refractivity contribution in [2.75, 3.05) is 5.32 Å². The average molecular weight is 295 g/mol. The van der Waals surface area contributed by atoms with E-state index in [9.17, 15) is 9.59 Å². The Hall–Kier alpha value is -2.47. The molecule has 0 spiro atoms. The molecular weight excluding hydrogens is 284 g/mol. The van der Waals surface area contributed by atoms with E-state index in [2.05, 4.69) is 10.6 Å². The Bertz CT molecular complexity index is 610. The standard InChI is InChI=1S/C13H11ClN2O4/c1-8-2-3-9(14)6-10(8)15-13(18)16-12(17)11-7-19-4-5-20-11/h2-7H,1H3,(H2,15,16,17,18). The predicted molar refractivity (Wildman–Crippen MR) is 72.7 cm³/mol. The summed E-state index contributed by atoms with van der Waals surface area (Å²) in [6.07, 6.45) is 3.54. The Morgan fingerprint density at radius 2 is 2.05 bits per heavy atom. The van der Waals surface area contributed by atoms with Crippen LogP contribution < -0.4 is 10.6 Å². The van der Waals surface area contributed by atoms with Crippen LogP contribution in [0.4, 0.5) is 10.5 Å². The number of urea groups is 1. The van der Waals surface area contributed by atoms with Crippen LogP contribution in [-0.4, -0.2) is 11.9 Å². The van der Waals surface area contributed by atoms with Crippen molar-refractivity contribution in [1.82, 2.24) is 5.32 Å². The van der Waals surface area contributed by atoms with Gasteiger partial charge in [0, 0.05) is 10.7 Å². The van der Waals surface area contributed by atoms with Crippen LogP contribution in [0.5, 0.6) is 0 Å². The molecule has 7 heteroatoms. The summed E-state index contributed by atoms with van der Waals surface area (Å²) >= 11 is 5.84. The number of amides is 3. The molecule has 0 saturated carbocycles. The smallest absolute Gasteiger partial charge is 0.326 e. The molecule has 2 N–H and O–H groups in total. The maximum Gasteiger partial charge on any atom is 0.326 e. The molecule has 1 aromatic carbocycles. The van der Waals surface area contributed by atoms with Crippen molar-refractivity contribution in [1.29, 1.82) is 0 Å². The molecule has 0 bridgehead atoms. The molecule has 0 saturated heterocycles. The lowest BCUT2D eigenvalue weighted by atomic mass is 10.2. The third-order valence-corrected chi connectivity index (χ3v) is 2.64. The first-order valence-electron chi connectivity index (χ1n) is 5.62. The highest BCUT2D eigenvalue weighted by molar-refractivity contribution is 6.31. The Morgan fingerprint density at radius 3 is 2.75 bits per heavy atom.